The first kappa shape index (κ1) is 20.2. The van der Waals surface area contributed by atoms with Gasteiger partial charge in [0.2, 0.25) is 11.9 Å². The van der Waals surface area contributed by atoms with Crippen LogP contribution < -0.4 is 15.5 Å². The molecular weight excluding hydrogens is 411 g/mol. The number of rotatable bonds is 6. The summed E-state index contributed by atoms with van der Waals surface area (Å²) in [4.78, 5) is 24.0. The highest BCUT2D eigenvalue weighted by Gasteiger charge is 2.25. The Balaban J connectivity index is 1.27. The van der Waals surface area contributed by atoms with Crippen molar-refractivity contribution < 1.29 is 9.18 Å². The molecule has 32 heavy (non-hydrogen) atoms. The lowest BCUT2D eigenvalue weighted by atomic mass is 10.2. The molecule has 166 valence electrons. The zero-order valence-corrected chi connectivity index (χ0v) is 17.8. The topological polar surface area (TPSA) is 102 Å². The van der Waals surface area contributed by atoms with Crippen molar-refractivity contribution in [2.45, 2.75) is 25.7 Å². The molecule has 9 nitrogen and oxygen atoms in total. The second kappa shape index (κ2) is 8.45. The number of piperazine rings is 1. The Bertz CT molecular complexity index is 1120. The minimum absolute atomic E-state index is 0.0628. The Morgan fingerprint density at radius 2 is 1.97 bits per heavy atom. The Morgan fingerprint density at radius 3 is 2.72 bits per heavy atom. The lowest BCUT2D eigenvalue weighted by Gasteiger charge is -2.35. The summed E-state index contributed by atoms with van der Waals surface area (Å²) in [6, 6.07) is 9.77. The van der Waals surface area contributed by atoms with Crippen LogP contribution in [-0.4, -0.2) is 57.2 Å². The molecule has 1 aromatic carbocycles. The summed E-state index contributed by atoms with van der Waals surface area (Å²) < 4.78 is 14.3. The van der Waals surface area contributed by atoms with E-state index in [9.17, 15) is 9.18 Å². The summed E-state index contributed by atoms with van der Waals surface area (Å²) in [5.74, 6) is 0.962. The average molecular weight is 436 g/mol. The molecule has 10 heteroatoms. The summed E-state index contributed by atoms with van der Waals surface area (Å²) in [7, 11) is 0. The number of carbonyl (C=O) groups excluding carboxylic acids is 1. The molecule has 0 atom stereocenters. The van der Waals surface area contributed by atoms with Crippen LogP contribution in [0.1, 0.15) is 31.4 Å². The number of carbonyl (C=O) groups is 1. The molecule has 3 aromatic rings. The Labute approximate surface area is 185 Å². The van der Waals surface area contributed by atoms with Crippen molar-refractivity contribution in [2.75, 3.05) is 41.7 Å². The Morgan fingerprint density at radius 1 is 1.16 bits per heavy atom. The number of anilines is 5. The van der Waals surface area contributed by atoms with E-state index in [0.29, 0.717) is 24.8 Å². The second-order valence-corrected chi connectivity index (χ2v) is 8.17. The van der Waals surface area contributed by atoms with Gasteiger partial charge in [0.1, 0.15) is 0 Å². The summed E-state index contributed by atoms with van der Waals surface area (Å²) in [5.41, 5.74) is 2.90. The molecule has 3 N–H and O–H groups in total. The van der Waals surface area contributed by atoms with Crippen molar-refractivity contribution in [1.82, 2.24) is 25.1 Å². The van der Waals surface area contributed by atoms with Crippen LogP contribution in [0.15, 0.2) is 36.5 Å². The number of halogens is 1. The van der Waals surface area contributed by atoms with E-state index in [-0.39, 0.29) is 17.7 Å². The van der Waals surface area contributed by atoms with Gasteiger partial charge in [-0.25, -0.2) is 9.37 Å². The van der Waals surface area contributed by atoms with Gasteiger partial charge in [0.05, 0.1) is 6.20 Å². The number of aromatic nitrogens is 4. The van der Waals surface area contributed by atoms with Crippen molar-refractivity contribution >= 4 is 34.9 Å². The molecule has 0 spiro atoms. The smallest absolute Gasteiger partial charge is 0.229 e. The third-order valence-electron chi connectivity index (χ3n) is 5.80. The molecular formula is C22H25FN8O. The standard InChI is InChI=1S/C22H25FN8O/c1-14(32)30-7-9-31(10-8-30)17-4-2-3-16(11-17)25-22-24-13-18(23)21(27-22)26-20-12-19(28-29-20)15-5-6-15/h2-4,11-13,15H,5-10H2,1H3,(H3,24,25,26,27,28,29). The monoisotopic (exact) mass is 436 g/mol. The summed E-state index contributed by atoms with van der Waals surface area (Å²) in [6.07, 6.45) is 3.45. The van der Waals surface area contributed by atoms with Gasteiger partial charge in [-0.2, -0.15) is 10.1 Å². The summed E-state index contributed by atoms with van der Waals surface area (Å²) in [5, 5.41) is 13.3. The number of amides is 1. The number of hydrogen-bond donors (Lipinski definition) is 3. The molecule has 0 bridgehead atoms. The van der Waals surface area contributed by atoms with Crippen LogP contribution in [0.5, 0.6) is 0 Å². The quantitative estimate of drug-likeness (QED) is 0.544. The molecule has 3 heterocycles. The van der Waals surface area contributed by atoms with Gasteiger partial charge in [-0.3, -0.25) is 9.89 Å². The average Bonchev–Trinajstić information content (AvgIpc) is 3.55. The minimum Gasteiger partial charge on any atom is -0.368 e. The predicted molar refractivity (Wildman–Crippen MR) is 120 cm³/mol. The van der Waals surface area contributed by atoms with Crippen molar-refractivity contribution in [3.05, 3.63) is 48.0 Å². The molecule has 0 radical (unpaired) electrons. The van der Waals surface area contributed by atoms with Crippen LogP contribution in [0.25, 0.3) is 0 Å². The van der Waals surface area contributed by atoms with Gasteiger partial charge in [0.25, 0.3) is 0 Å². The maximum Gasteiger partial charge on any atom is 0.229 e. The van der Waals surface area contributed by atoms with E-state index in [1.165, 1.54) is 0 Å². The summed E-state index contributed by atoms with van der Waals surface area (Å²) in [6.45, 7) is 4.56. The highest BCUT2D eigenvalue weighted by molar-refractivity contribution is 5.73. The van der Waals surface area contributed by atoms with Gasteiger partial charge in [-0.15, -0.1) is 0 Å². The number of nitrogens with zero attached hydrogens (tertiary/aromatic N) is 5. The lowest BCUT2D eigenvalue weighted by Crippen LogP contribution is -2.48. The minimum atomic E-state index is -0.552. The van der Waals surface area contributed by atoms with Crippen LogP contribution in [0.2, 0.25) is 0 Å². The predicted octanol–water partition coefficient (Wildman–Crippen LogP) is 3.37. The first-order valence-corrected chi connectivity index (χ1v) is 10.8. The van der Waals surface area contributed by atoms with Crippen LogP contribution in [0.4, 0.5) is 33.3 Å². The van der Waals surface area contributed by atoms with Gasteiger partial charge in [0.15, 0.2) is 17.5 Å². The second-order valence-electron chi connectivity index (χ2n) is 8.17. The maximum absolute atomic E-state index is 14.3. The highest BCUT2D eigenvalue weighted by Crippen LogP contribution is 2.39. The number of aromatic amines is 1. The van der Waals surface area contributed by atoms with Gasteiger partial charge in [-0.05, 0) is 31.0 Å². The number of benzene rings is 1. The molecule has 5 rings (SSSR count). The molecule has 2 fully saturated rings. The fraction of sp³-hybridized carbons (Fsp3) is 0.364. The largest absolute Gasteiger partial charge is 0.368 e. The zero-order chi connectivity index (χ0) is 22.1. The highest BCUT2D eigenvalue weighted by atomic mass is 19.1. The third kappa shape index (κ3) is 4.48. The molecule has 2 aliphatic rings. The normalized spacial score (nSPS) is 16.2. The zero-order valence-electron chi connectivity index (χ0n) is 17.8. The van der Waals surface area contributed by atoms with Gasteiger partial charge < -0.3 is 20.4 Å². The van der Waals surface area contributed by atoms with Gasteiger partial charge in [0, 0.05) is 62.2 Å². The van der Waals surface area contributed by atoms with Crippen LogP contribution in [-0.2, 0) is 4.79 Å². The van der Waals surface area contributed by atoms with Crippen molar-refractivity contribution in [1.29, 1.82) is 0 Å². The Kier molecular flexibility index (Phi) is 5.34. The number of hydrogen-bond acceptors (Lipinski definition) is 7. The SMILES string of the molecule is CC(=O)N1CCN(c2cccc(Nc3ncc(F)c(Nc4cc(C5CC5)[nH]n4)n3)c2)CC1. The van der Waals surface area contributed by atoms with Crippen molar-refractivity contribution in [3.63, 3.8) is 0 Å². The molecule has 0 unspecified atom stereocenters. The first-order valence-electron chi connectivity index (χ1n) is 10.8. The lowest BCUT2D eigenvalue weighted by molar-refractivity contribution is -0.129. The first-order chi connectivity index (χ1) is 15.5. The van der Waals surface area contributed by atoms with Gasteiger partial charge in [-0.1, -0.05) is 6.07 Å². The maximum atomic E-state index is 14.3. The van der Waals surface area contributed by atoms with E-state index in [0.717, 1.165) is 49.2 Å². The molecule has 1 saturated carbocycles. The number of nitrogens with one attached hydrogen (secondary N) is 3. The van der Waals surface area contributed by atoms with Crippen LogP contribution in [0, 0.1) is 5.82 Å². The molecule has 1 saturated heterocycles. The van der Waals surface area contributed by atoms with Crippen LogP contribution in [0.3, 0.4) is 0 Å². The third-order valence-corrected chi connectivity index (χ3v) is 5.80. The van der Waals surface area contributed by atoms with E-state index in [1.807, 2.05) is 35.2 Å². The van der Waals surface area contributed by atoms with E-state index < -0.39 is 5.82 Å². The van der Waals surface area contributed by atoms with Gasteiger partial charge >= 0.3 is 0 Å². The van der Waals surface area contributed by atoms with E-state index in [4.69, 9.17) is 0 Å². The Hall–Kier alpha value is -3.69. The molecule has 1 amide bonds. The number of H-pyrrole nitrogens is 1. The van der Waals surface area contributed by atoms with Crippen LogP contribution >= 0.6 is 0 Å². The van der Waals surface area contributed by atoms with Crippen molar-refractivity contribution in [3.8, 4) is 0 Å². The van der Waals surface area contributed by atoms with Crippen molar-refractivity contribution in [2.24, 2.45) is 0 Å². The summed E-state index contributed by atoms with van der Waals surface area (Å²) >= 11 is 0. The molecule has 2 aromatic heterocycles. The molecule has 1 aliphatic heterocycles. The molecule has 1 aliphatic carbocycles. The van der Waals surface area contributed by atoms with E-state index in [1.54, 1.807) is 6.92 Å². The fourth-order valence-corrected chi connectivity index (χ4v) is 3.83. The fourth-order valence-electron chi connectivity index (χ4n) is 3.83. The van der Waals surface area contributed by atoms with E-state index in [2.05, 4.69) is 35.7 Å². The van der Waals surface area contributed by atoms with E-state index >= 15 is 0 Å².